The van der Waals surface area contributed by atoms with Crippen molar-refractivity contribution in [2.75, 3.05) is 7.11 Å². The standard InChI is InChI=1S/C18H20N4O3S/c1-10-3-6-16(26-10)13-8-14(22-21-13)18(23)19-9-17-20-12-7-11(24-2)4-5-15(12)25-17/h3-7,13-14,21-22H,8-9H2,1-2H3,(H,19,23). The van der Waals surface area contributed by atoms with Crippen LogP contribution in [-0.4, -0.2) is 24.0 Å². The van der Waals surface area contributed by atoms with Crippen molar-refractivity contribution in [1.82, 2.24) is 21.2 Å². The zero-order valence-corrected chi connectivity index (χ0v) is 15.4. The largest absolute Gasteiger partial charge is 0.497 e. The van der Waals surface area contributed by atoms with Crippen molar-refractivity contribution >= 4 is 28.3 Å². The second-order valence-corrected chi connectivity index (χ2v) is 7.56. The molecule has 7 nitrogen and oxygen atoms in total. The van der Waals surface area contributed by atoms with E-state index >= 15 is 0 Å². The minimum atomic E-state index is -0.285. The summed E-state index contributed by atoms with van der Waals surface area (Å²) >= 11 is 1.74. The predicted octanol–water partition coefficient (Wildman–Crippen LogP) is 2.43. The Bertz CT molecular complexity index is 936. The number of hydrazine groups is 1. The quantitative estimate of drug-likeness (QED) is 0.638. The lowest BCUT2D eigenvalue weighted by Crippen LogP contribution is -2.42. The van der Waals surface area contributed by atoms with Crippen molar-refractivity contribution in [2.24, 2.45) is 0 Å². The number of benzene rings is 1. The summed E-state index contributed by atoms with van der Waals surface area (Å²) in [4.78, 5) is 19.3. The molecule has 2 atom stereocenters. The van der Waals surface area contributed by atoms with E-state index in [0.717, 1.165) is 5.75 Å². The number of methoxy groups -OCH3 is 1. The number of ether oxygens (including phenoxy) is 1. The van der Waals surface area contributed by atoms with Crippen molar-refractivity contribution in [1.29, 1.82) is 0 Å². The van der Waals surface area contributed by atoms with Gasteiger partial charge in [-0.2, -0.15) is 0 Å². The second-order valence-electron chi connectivity index (χ2n) is 6.24. The molecule has 1 saturated heterocycles. The Morgan fingerprint density at radius 2 is 2.27 bits per heavy atom. The van der Waals surface area contributed by atoms with Crippen LogP contribution < -0.4 is 20.9 Å². The number of nitrogens with zero attached hydrogens (tertiary/aromatic N) is 1. The van der Waals surface area contributed by atoms with Gasteiger partial charge >= 0.3 is 0 Å². The number of carbonyl (C=O) groups excluding carboxylic acids is 1. The van der Waals surface area contributed by atoms with Gasteiger partial charge in [-0.1, -0.05) is 0 Å². The van der Waals surface area contributed by atoms with Crippen LogP contribution in [0.5, 0.6) is 5.75 Å². The lowest BCUT2D eigenvalue weighted by Gasteiger charge is -2.08. The fourth-order valence-electron chi connectivity index (χ4n) is 3.00. The first-order chi connectivity index (χ1) is 12.6. The second kappa shape index (κ2) is 7.06. The first kappa shape index (κ1) is 17.0. The van der Waals surface area contributed by atoms with Gasteiger partial charge < -0.3 is 14.5 Å². The van der Waals surface area contributed by atoms with E-state index in [1.54, 1.807) is 24.5 Å². The summed E-state index contributed by atoms with van der Waals surface area (Å²) < 4.78 is 10.8. The number of fused-ring (bicyclic) bond motifs is 1. The molecule has 0 radical (unpaired) electrons. The average molecular weight is 372 g/mol. The molecule has 1 fully saturated rings. The van der Waals surface area contributed by atoms with Gasteiger partial charge in [-0.25, -0.2) is 15.8 Å². The topological polar surface area (TPSA) is 88.4 Å². The molecule has 0 aliphatic carbocycles. The van der Waals surface area contributed by atoms with Gasteiger partial charge in [0.1, 0.15) is 17.3 Å². The number of aryl methyl sites for hydroxylation is 1. The first-order valence-electron chi connectivity index (χ1n) is 8.41. The summed E-state index contributed by atoms with van der Waals surface area (Å²) in [5, 5.41) is 2.88. The molecule has 0 bridgehead atoms. The molecule has 3 aromatic rings. The number of aromatic nitrogens is 1. The molecule has 0 saturated carbocycles. The highest BCUT2D eigenvalue weighted by molar-refractivity contribution is 7.12. The maximum absolute atomic E-state index is 12.4. The zero-order valence-electron chi connectivity index (χ0n) is 14.5. The molecule has 2 unspecified atom stereocenters. The minimum Gasteiger partial charge on any atom is -0.497 e. The third kappa shape index (κ3) is 3.44. The van der Waals surface area contributed by atoms with Crippen LogP contribution in [0.1, 0.15) is 28.1 Å². The number of oxazole rings is 1. The number of rotatable bonds is 5. The van der Waals surface area contributed by atoms with Gasteiger partial charge in [-0.3, -0.25) is 4.79 Å². The number of hydrogen-bond donors (Lipinski definition) is 3. The SMILES string of the molecule is COc1ccc2oc(CNC(=O)C3CC(c4ccc(C)s4)NN3)nc2c1. The molecule has 1 aliphatic heterocycles. The third-order valence-corrected chi connectivity index (χ3v) is 5.49. The molecule has 136 valence electrons. The Morgan fingerprint density at radius 1 is 1.38 bits per heavy atom. The Morgan fingerprint density at radius 3 is 3.04 bits per heavy atom. The number of amides is 1. The summed E-state index contributed by atoms with van der Waals surface area (Å²) in [6.07, 6.45) is 0.705. The van der Waals surface area contributed by atoms with E-state index in [-0.39, 0.29) is 24.5 Å². The molecule has 1 aromatic carbocycles. The van der Waals surface area contributed by atoms with Crippen LogP contribution in [0.25, 0.3) is 11.1 Å². The normalized spacial score (nSPS) is 19.8. The Labute approximate surface area is 154 Å². The lowest BCUT2D eigenvalue weighted by atomic mass is 10.1. The van der Waals surface area contributed by atoms with Crippen molar-refractivity contribution < 1.29 is 13.9 Å². The summed E-state index contributed by atoms with van der Waals surface area (Å²) in [6.45, 7) is 2.33. The van der Waals surface area contributed by atoms with Gasteiger partial charge in [0.25, 0.3) is 0 Å². The van der Waals surface area contributed by atoms with E-state index in [0.29, 0.717) is 23.4 Å². The molecule has 3 heterocycles. The summed E-state index contributed by atoms with van der Waals surface area (Å²) in [5.74, 6) is 1.11. The van der Waals surface area contributed by atoms with E-state index in [4.69, 9.17) is 9.15 Å². The predicted molar refractivity (Wildman–Crippen MR) is 98.9 cm³/mol. The molecule has 26 heavy (non-hydrogen) atoms. The van der Waals surface area contributed by atoms with Crippen molar-refractivity contribution in [2.45, 2.75) is 32.0 Å². The first-order valence-corrected chi connectivity index (χ1v) is 9.22. The van der Waals surface area contributed by atoms with Crippen LogP contribution in [-0.2, 0) is 11.3 Å². The summed E-state index contributed by atoms with van der Waals surface area (Å²) in [6, 6.07) is 9.50. The maximum Gasteiger partial charge on any atom is 0.238 e. The minimum absolute atomic E-state index is 0.0758. The average Bonchev–Trinajstić information content (AvgIpc) is 3.37. The monoisotopic (exact) mass is 372 g/mol. The van der Waals surface area contributed by atoms with Crippen LogP contribution in [0.3, 0.4) is 0 Å². The van der Waals surface area contributed by atoms with E-state index in [9.17, 15) is 4.79 Å². The zero-order chi connectivity index (χ0) is 18.1. The third-order valence-electron chi connectivity index (χ3n) is 4.38. The van der Waals surface area contributed by atoms with E-state index < -0.39 is 0 Å². The highest BCUT2D eigenvalue weighted by atomic mass is 32.1. The van der Waals surface area contributed by atoms with Gasteiger partial charge in [0.15, 0.2) is 5.58 Å². The molecule has 2 aromatic heterocycles. The van der Waals surface area contributed by atoms with Crippen LogP contribution >= 0.6 is 11.3 Å². The van der Waals surface area contributed by atoms with Crippen LogP contribution in [0.4, 0.5) is 0 Å². The fourth-order valence-corrected chi connectivity index (χ4v) is 3.94. The van der Waals surface area contributed by atoms with E-state index in [2.05, 4.69) is 40.2 Å². The maximum atomic E-state index is 12.4. The van der Waals surface area contributed by atoms with E-state index in [1.165, 1.54) is 9.75 Å². The molecule has 1 aliphatic rings. The molecule has 1 amide bonds. The Balaban J connectivity index is 1.35. The van der Waals surface area contributed by atoms with Gasteiger partial charge in [-0.05, 0) is 37.6 Å². The van der Waals surface area contributed by atoms with Crippen molar-refractivity contribution in [3.05, 3.63) is 46.0 Å². The lowest BCUT2D eigenvalue weighted by molar-refractivity contribution is -0.123. The smallest absolute Gasteiger partial charge is 0.238 e. The fraction of sp³-hybridized carbons (Fsp3) is 0.333. The van der Waals surface area contributed by atoms with Crippen molar-refractivity contribution in [3.63, 3.8) is 0 Å². The number of nitrogens with one attached hydrogen (secondary N) is 3. The molecular formula is C18H20N4O3S. The highest BCUT2D eigenvalue weighted by Gasteiger charge is 2.30. The summed E-state index contributed by atoms with van der Waals surface area (Å²) in [7, 11) is 1.61. The van der Waals surface area contributed by atoms with Gasteiger partial charge in [-0.15, -0.1) is 11.3 Å². The summed E-state index contributed by atoms with van der Waals surface area (Å²) in [5.41, 5.74) is 7.65. The van der Waals surface area contributed by atoms with E-state index in [1.807, 2.05) is 12.1 Å². The number of hydrogen-bond acceptors (Lipinski definition) is 7. The van der Waals surface area contributed by atoms with Gasteiger partial charge in [0.05, 0.1) is 19.7 Å². The molecular weight excluding hydrogens is 352 g/mol. The van der Waals surface area contributed by atoms with Crippen LogP contribution in [0.15, 0.2) is 34.7 Å². The number of thiophene rings is 1. The Kier molecular flexibility index (Phi) is 4.62. The Hall–Kier alpha value is -2.42. The molecule has 0 spiro atoms. The van der Waals surface area contributed by atoms with Gasteiger partial charge in [0, 0.05) is 15.8 Å². The molecule has 4 rings (SSSR count). The van der Waals surface area contributed by atoms with Crippen molar-refractivity contribution in [3.8, 4) is 5.75 Å². The number of carbonyl (C=O) groups is 1. The van der Waals surface area contributed by atoms with Crippen LogP contribution in [0, 0.1) is 6.92 Å². The van der Waals surface area contributed by atoms with Crippen LogP contribution in [0.2, 0.25) is 0 Å². The highest BCUT2D eigenvalue weighted by Crippen LogP contribution is 2.28. The molecule has 8 heteroatoms. The van der Waals surface area contributed by atoms with Gasteiger partial charge in [0.2, 0.25) is 11.8 Å². The molecule has 3 N–H and O–H groups in total.